The lowest BCUT2D eigenvalue weighted by Gasteiger charge is -2.18. The number of aromatic nitrogens is 5. The Kier molecular flexibility index (Phi) is 5.85. The normalized spacial score (nSPS) is 12.3. The molecule has 0 aliphatic rings. The van der Waals surface area contributed by atoms with Crippen LogP contribution in [0.3, 0.4) is 0 Å². The number of anilines is 3. The van der Waals surface area contributed by atoms with E-state index in [4.69, 9.17) is 10.7 Å². The van der Waals surface area contributed by atoms with Crippen molar-refractivity contribution >= 4 is 40.2 Å². The topological polar surface area (TPSA) is 112 Å². The van der Waals surface area contributed by atoms with E-state index in [-0.39, 0.29) is 22.8 Å². The molecule has 4 rings (SSSR count). The number of fused-ring (bicyclic) bond motifs is 1. The van der Waals surface area contributed by atoms with Crippen LogP contribution >= 0.6 is 11.8 Å². The molecule has 0 fully saturated rings. The summed E-state index contributed by atoms with van der Waals surface area (Å²) in [6, 6.07) is 16.9. The zero-order chi connectivity index (χ0) is 22.0. The molecule has 0 aliphatic heterocycles. The smallest absolute Gasteiger partial charge is 0.262 e. The number of nitrogen functional groups attached to an aromatic ring is 1. The van der Waals surface area contributed by atoms with Gasteiger partial charge in [-0.15, -0.1) is 0 Å². The fourth-order valence-corrected chi connectivity index (χ4v) is 4.26. The third-order valence-electron chi connectivity index (χ3n) is 4.64. The lowest BCUT2D eigenvalue weighted by molar-refractivity contribution is 0.518. The van der Waals surface area contributed by atoms with Crippen LogP contribution in [-0.2, 0) is 0 Å². The molecule has 0 bridgehead atoms. The fourth-order valence-electron chi connectivity index (χ4n) is 3.17. The Morgan fingerprint density at radius 3 is 2.39 bits per heavy atom. The molecule has 8 nitrogen and oxygen atoms in total. The zero-order valence-corrected chi connectivity index (χ0v) is 18.3. The van der Waals surface area contributed by atoms with Gasteiger partial charge in [-0.25, -0.2) is 4.98 Å². The van der Waals surface area contributed by atoms with Crippen LogP contribution in [0.1, 0.15) is 37.9 Å². The van der Waals surface area contributed by atoms with Gasteiger partial charge in [-0.3, -0.25) is 9.36 Å². The first-order chi connectivity index (χ1) is 14.9. The monoisotopic (exact) mass is 433 g/mol. The van der Waals surface area contributed by atoms with Gasteiger partial charge >= 0.3 is 0 Å². The molecule has 4 aromatic rings. The van der Waals surface area contributed by atoms with Gasteiger partial charge in [-0.05, 0) is 45.0 Å². The zero-order valence-electron chi connectivity index (χ0n) is 17.5. The molecule has 2 heterocycles. The number of nitrogens with one attached hydrogen (secondary N) is 1. The molecule has 3 N–H and O–H groups in total. The molecule has 0 aliphatic carbocycles. The minimum atomic E-state index is -0.209. The third-order valence-corrected chi connectivity index (χ3v) is 5.70. The largest absolute Gasteiger partial charge is 0.368 e. The highest BCUT2D eigenvalue weighted by atomic mass is 32.2. The Balaban J connectivity index is 1.68. The van der Waals surface area contributed by atoms with E-state index in [1.807, 2.05) is 69.3 Å². The molecule has 0 amide bonds. The molecule has 0 saturated heterocycles. The Hall–Kier alpha value is -3.46. The van der Waals surface area contributed by atoms with Crippen molar-refractivity contribution in [2.45, 2.75) is 37.2 Å². The summed E-state index contributed by atoms with van der Waals surface area (Å²) >= 11 is 1.42. The van der Waals surface area contributed by atoms with Gasteiger partial charge in [0.15, 0.2) is 5.16 Å². The van der Waals surface area contributed by atoms with Crippen LogP contribution in [-0.4, -0.2) is 24.5 Å². The molecule has 9 heteroatoms. The average molecular weight is 434 g/mol. The van der Waals surface area contributed by atoms with Crippen molar-refractivity contribution in [3.63, 3.8) is 0 Å². The van der Waals surface area contributed by atoms with Gasteiger partial charge < -0.3 is 11.1 Å². The van der Waals surface area contributed by atoms with Gasteiger partial charge in [0, 0.05) is 11.7 Å². The molecule has 0 radical (unpaired) electrons. The second-order valence-electron chi connectivity index (χ2n) is 7.31. The third kappa shape index (κ3) is 4.51. The van der Waals surface area contributed by atoms with Crippen molar-refractivity contribution < 1.29 is 0 Å². The second-order valence-corrected chi connectivity index (χ2v) is 8.61. The van der Waals surface area contributed by atoms with E-state index < -0.39 is 0 Å². The number of hydrogen-bond donors (Lipinski definition) is 2. The Labute approximate surface area is 184 Å². The van der Waals surface area contributed by atoms with Crippen LogP contribution in [0.15, 0.2) is 64.5 Å². The number of para-hydroxylation sites is 2. The first kappa shape index (κ1) is 20.8. The van der Waals surface area contributed by atoms with E-state index in [1.54, 1.807) is 10.6 Å². The summed E-state index contributed by atoms with van der Waals surface area (Å²) < 4.78 is 1.71. The van der Waals surface area contributed by atoms with Crippen LogP contribution in [0.2, 0.25) is 0 Å². The minimum absolute atomic E-state index is 0.0435. The molecule has 1 atom stereocenters. The van der Waals surface area contributed by atoms with Gasteiger partial charge in [-0.2, -0.15) is 15.0 Å². The summed E-state index contributed by atoms with van der Waals surface area (Å²) in [5.41, 5.74) is 7.40. The highest BCUT2D eigenvalue weighted by Crippen LogP contribution is 2.33. The van der Waals surface area contributed by atoms with Crippen molar-refractivity contribution in [1.82, 2.24) is 24.5 Å². The number of nitrogens with zero attached hydrogens (tertiary/aromatic N) is 5. The molecular weight excluding hydrogens is 410 g/mol. The molecular formula is C22H23N7OS. The van der Waals surface area contributed by atoms with Crippen molar-refractivity contribution in [3.8, 4) is 0 Å². The molecule has 158 valence electrons. The summed E-state index contributed by atoms with van der Waals surface area (Å²) in [5, 5.41) is 4.15. The van der Waals surface area contributed by atoms with Gasteiger partial charge in [0.1, 0.15) is 5.82 Å². The Morgan fingerprint density at radius 2 is 1.65 bits per heavy atom. The number of benzene rings is 2. The molecule has 0 spiro atoms. The molecule has 31 heavy (non-hydrogen) atoms. The lowest BCUT2D eigenvalue weighted by atomic mass is 10.2. The summed E-state index contributed by atoms with van der Waals surface area (Å²) in [6.45, 7) is 5.89. The van der Waals surface area contributed by atoms with E-state index in [1.165, 1.54) is 11.8 Å². The minimum Gasteiger partial charge on any atom is -0.368 e. The van der Waals surface area contributed by atoms with E-state index in [9.17, 15) is 4.79 Å². The van der Waals surface area contributed by atoms with E-state index in [0.29, 0.717) is 27.8 Å². The first-order valence-electron chi connectivity index (χ1n) is 9.94. The van der Waals surface area contributed by atoms with Crippen LogP contribution in [0.5, 0.6) is 0 Å². The predicted molar refractivity (Wildman–Crippen MR) is 125 cm³/mol. The Bertz CT molecular complexity index is 1270. The molecule has 0 saturated carbocycles. The van der Waals surface area contributed by atoms with Crippen molar-refractivity contribution in [2.24, 2.45) is 0 Å². The van der Waals surface area contributed by atoms with Crippen LogP contribution < -0.4 is 16.6 Å². The second kappa shape index (κ2) is 8.73. The summed E-state index contributed by atoms with van der Waals surface area (Å²) in [7, 11) is 0. The predicted octanol–water partition coefficient (Wildman–Crippen LogP) is 4.34. The maximum Gasteiger partial charge on any atom is 0.262 e. The molecule has 2 aromatic heterocycles. The standard InChI is InChI=1S/C22H23N7OS/c1-13(2)29-19(30)16-11-7-8-12-17(16)25-22(29)31-14(3)18-26-20(23)28-21(27-18)24-15-9-5-4-6-10-15/h4-14H,1-3H3,(H3,23,24,26,27,28). The van der Waals surface area contributed by atoms with Gasteiger partial charge in [0.25, 0.3) is 5.56 Å². The number of rotatable bonds is 6. The van der Waals surface area contributed by atoms with Crippen LogP contribution in [0, 0.1) is 0 Å². The van der Waals surface area contributed by atoms with Crippen molar-refractivity contribution in [3.05, 3.63) is 70.8 Å². The van der Waals surface area contributed by atoms with Crippen molar-refractivity contribution in [1.29, 1.82) is 0 Å². The van der Waals surface area contributed by atoms with Crippen LogP contribution in [0.25, 0.3) is 10.9 Å². The fraction of sp³-hybridized carbons (Fsp3) is 0.227. The SMILES string of the molecule is CC(Sc1nc2ccccc2c(=O)n1C(C)C)c1nc(N)nc(Nc2ccccc2)n1. The van der Waals surface area contributed by atoms with Crippen LogP contribution in [0.4, 0.5) is 17.6 Å². The Morgan fingerprint density at radius 1 is 0.935 bits per heavy atom. The summed E-state index contributed by atoms with van der Waals surface area (Å²) in [5.74, 6) is 1.01. The van der Waals surface area contributed by atoms with E-state index in [2.05, 4.69) is 20.3 Å². The summed E-state index contributed by atoms with van der Waals surface area (Å²) in [6.07, 6.45) is 0. The number of hydrogen-bond acceptors (Lipinski definition) is 8. The maximum absolute atomic E-state index is 13.1. The lowest BCUT2D eigenvalue weighted by Crippen LogP contribution is -2.25. The molecule has 1 unspecified atom stereocenters. The quantitative estimate of drug-likeness (QED) is 0.341. The maximum atomic E-state index is 13.1. The van der Waals surface area contributed by atoms with E-state index >= 15 is 0 Å². The van der Waals surface area contributed by atoms with Gasteiger partial charge in [0.2, 0.25) is 11.9 Å². The van der Waals surface area contributed by atoms with Gasteiger partial charge in [-0.1, -0.05) is 42.1 Å². The van der Waals surface area contributed by atoms with E-state index in [0.717, 1.165) is 5.69 Å². The van der Waals surface area contributed by atoms with Gasteiger partial charge in [0.05, 0.1) is 16.2 Å². The highest BCUT2D eigenvalue weighted by molar-refractivity contribution is 7.99. The summed E-state index contributed by atoms with van der Waals surface area (Å²) in [4.78, 5) is 30.8. The highest BCUT2D eigenvalue weighted by Gasteiger charge is 2.20. The molecule has 2 aromatic carbocycles. The number of nitrogens with two attached hydrogens (primary N) is 1. The van der Waals surface area contributed by atoms with Crippen molar-refractivity contribution in [2.75, 3.05) is 11.1 Å². The first-order valence-corrected chi connectivity index (χ1v) is 10.8. The number of thioether (sulfide) groups is 1. The average Bonchev–Trinajstić information content (AvgIpc) is 2.74.